The van der Waals surface area contributed by atoms with Crippen LogP contribution in [0.3, 0.4) is 0 Å². The predicted octanol–water partition coefficient (Wildman–Crippen LogP) is 13.3. The first-order valence-electron chi connectivity index (χ1n) is 17.3. The van der Waals surface area contributed by atoms with Gasteiger partial charge in [0.1, 0.15) is 23.0 Å². The lowest BCUT2D eigenvalue weighted by atomic mass is 9.90. The summed E-state index contributed by atoms with van der Waals surface area (Å²) < 4.78 is 16.4. The van der Waals surface area contributed by atoms with Crippen molar-refractivity contribution in [1.82, 2.24) is 4.57 Å². The van der Waals surface area contributed by atoms with Crippen LogP contribution in [0.2, 0.25) is 0 Å². The molecule has 0 fully saturated rings. The highest BCUT2D eigenvalue weighted by Gasteiger charge is 2.25. The van der Waals surface area contributed by atoms with Gasteiger partial charge in [-0.25, -0.2) is 0 Å². The molecule has 3 nitrogen and oxygen atoms in total. The second kappa shape index (κ2) is 11.9. The summed E-state index contributed by atoms with van der Waals surface area (Å²) >= 11 is 0. The van der Waals surface area contributed by atoms with Crippen LogP contribution in [0.15, 0.2) is 188 Å². The molecule has 1 aliphatic rings. The molecule has 0 saturated carbocycles. The average molecular weight is 654 g/mol. The van der Waals surface area contributed by atoms with Crippen LogP contribution in [0.4, 0.5) is 0 Å². The maximum absolute atomic E-state index is 7.10. The molecule has 0 aliphatic carbocycles. The average Bonchev–Trinajstić information content (AvgIpc) is 3.54. The zero-order valence-electron chi connectivity index (χ0n) is 27.7. The van der Waals surface area contributed by atoms with Gasteiger partial charge in [-0.2, -0.15) is 0 Å². The quantitative estimate of drug-likeness (QED) is 0.189. The molecule has 0 spiro atoms. The normalized spacial score (nSPS) is 11.8. The summed E-state index contributed by atoms with van der Waals surface area (Å²) in [6.07, 6.45) is 0. The lowest BCUT2D eigenvalue weighted by Crippen LogP contribution is -1.99. The third-order valence-electron chi connectivity index (χ3n) is 9.89. The molecule has 10 rings (SSSR count). The van der Waals surface area contributed by atoms with Crippen molar-refractivity contribution in [1.29, 1.82) is 0 Å². The van der Waals surface area contributed by atoms with E-state index >= 15 is 0 Å². The summed E-state index contributed by atoms with van der Waals surface area (Å²) in [7, 11) is 0. The first kappa shape index (κ1) is 29.1. The third kappa shape index (κ3) is 4.82. The highest BCUT2D eigenvalue weighted by Crippen LogP contribution is 2.51. The SMILES string of the molecule is c1ccc(-c2ccc3c(c2)-c2ccccc2Oc2ccccc2-c2c(cccc2-c2cccc4c2c2ccccc2n4-c2ccccc2)O3)cc1. The minimum absolute atomic E-state index is 0.764. The van der Waals surface area contributed by atoms with Crippen molar-refractivity contribution in [2.24, 2.45) is 0 Å². The van der Waals surface area contributed by atoms with Gasteiger partial charge in [0, 0.05) is 38.7 Å². The largest absolute Gasteiger partial charge is 0.456 e. The van der Waals surface area contributed by atoms with Gasteiger partial charge in [0.15, 0.2) is 0 Å². The molecule has 8 aromatic carbocycles. The summed E-state index contributed by atoms with van der Waals surface area (Å²) in [5.41, 5.74) is 11.8. The summed E-state index contributed by atoms with van der Waals surface area (Å²) in [6, 6.07) is 65.7. The van der Waals surface area contributed by atoms with E-state index in [-0.39, 0.29) is 0 Å². The zero-order chi connectivity index (χ0) is 33.7. The summed E-state index contributed by atoms with van der Waals surface area (Å²) in [4.78, 5) is 0. The lowest BCUT2D eigenvalue weighted by molar-refractivity contribution is 0.472. The number of benzene rings is 8. The maximum Gasteiger partial charge on any atom is 0.136 e. The monoisotopic (exact) mass is 653 g/mol. The molecule has 3 heteroatoms. The van der Waals surface area contributed by atoms with E-state index in [4.69, 9.17) is 9.47 Å². The van der Waals surface area contributed by atoms with E-state index in [1.807, 2.05) is 24.3 Å². The van der Waals surface area contributed by atoms with Crippen molar-refractivity contribution in [3.8, 4) is 73.2 Å². The number of fused-ring (bicyclic) bond motifs is 9. The van der Waals surface area contributed by atoms with Gasteiger partial charge < -0.3 is 14.0 Å². The summed E-state index contributed by atoms with van der Waals surface area (Å²) in [5.74, 6) is 3.07. The van der Waals surface area contributed by atoms with Crippen molar-refractivity contribution in [3.63, 3.8) is 0 Å². The molecule has 0 saturated heterocycles. The van der Waals surface area contributed by atoms with Gasteiger partial charge in [0.25, 0.3) is 0 Å². The van der Waals surface area contributed by atoms with Crippen LogP contribution in [0.25, 0.3) is 72.0 Å². The van der Waals surface area contributed by atoms with Crippen molar-refractivity contribution >= 4 is 21.8 Å². The number of hydrogen-bond donors (Lipinski definition) is 0. The predicted molar refractivity (Wildman–Crippen MR) is 209 cm³/mol. The van der Waals surface area contributed by atoms with Gasteiger partial charge in [-0.05, 0) is 76.9 Å². The third-order valence-corrected chi connectivity index (χ3v) is 9.89. The number of para-hydroxylation sites is 4. The highest BCUT2D eigenvalue weighted by atomic mass is 16.5. The maximum atomic E-state index is 7.10. The summed E-state index contributed by atoms with van der Waals surface area (Å²) in [6.45, 7) is 0. The van der Waals surface area contributed by atoms with E-state index in [0.717, 1.165) is 84.2 Å². The van der Waals surface area contributed by atoms with E-state index in [0.29, 0.717) is 0 Å². The number of rotatable bonds is 3. The van der Waals surface area contributed by atoms with Crippen molar-refractivity contribution in [3.05, 3.63) is 188 Å². The Kier molecular flexibility index (Phi) is 6.81. The van der Waals surface area contributed by atoms with Crippen LogP contribution in [0.5, 0.6) is 23.0 Å². The molecular weight excluding hydrogens is 623 g/mol. The molecular formula is C48H31NO2. The van der Waals surface area contributed by atoms with Crippen molar-refractivity contribution in [2.45, 2.75) is 0 Å². The van der Waals surface area contributed by atoms with Crippen molar-refractivity contribution in [2.75, 3.05) is 0 Å². The van der Waals surface area contributed by atoms with E-state index in [1.165, 1.54) is 10.8 Å². The van der Waals surface area contributed by atoms with E-state index in [2.05, 4.69) is 168 Å². The fourth-order valence-corrected chi connectivity index (χ4v) is 7.63. The van der Waals surface area contributed by atoms with Crippen LogP contribution in [0.1, 0.15) is 0 Å². The molecule has 1 aliphatic heterocycles. The molecule has 0 atom stereocenters. The van der Waals surface area contributed by atoms with Crippen LogP contribution < -0.4 is 9.47 Å². The molecule has 9 aromatic rings. The Labute approximate surface area is 296 Å². The Balaban J connectivity index is 1.26. The molecule has 0 N–H and O–H groups in total. The second-order valence-electron chi connectivity index (χ2n) is 12.8. The van der Waals surface area contributed by atoms with E-state index in [9.17, 15) is 0 Å². The molecule has 0 bridgehead atoms. The van der Waals surface area contributed by atoms with Gasteiger partial charge in [0.2, 0.25) is 0 Å². The topological polar surface area (TPSA) is 23.4 Å². The van der Waals surface area contributed by atoms with Gasteiger partial charge in [-0.3, -0.25) is 0 Å². The summed E-state index contributed by atoms with van der Waals surface area (Å²) in [5, 5.41) is 2.39. The van der Waals surface area contributed by atoms with Gasteiger partial charge in [0.05, 0.1) is 11.0 Å². The highest BCUT2D eigenvalue weighted by molar-refractivity contribution is 6.17. The fraction of sp³-hybridized carbons (Fsp3) is 0. The molecule has 0 amide bonds. The first-order chi connectivity index (χ1) is 25.3. The number of ether oxygens (including phenoxy) is 2. The number of nitrogens with zero attached hydrogens (tertiary/aromatic N) is 1. The van der Waals surface area contributed by atoms with Gasteiger partial charge >= 0.3 is 0 Å². The zero-order valence-corrected chi connectivity index (χ0v) is 27.7. The molecule has 240 valence electrons. The van der Waals surface area contributed by atoms with Crippen LogP contribution in [-0.4, -0.2) is 4.57 Å². The number of aromatic nitrogens is 1. The Morgan fingerprint density at radius 1 is 0.333 bits per heavy atom. The smallest absolute Gasteiger partial charge is 0.136 e. The molecule has 2 heterocycles. The Bertz CT molecular complexity index is 2740. The Morgan fingerprint density at radius 3 is 1.75 bits per heavy atom. The standard InChI is InChI=1S/C48H31NO2/c1-3-15-32(16-4-1)33-29-30-45-40(31-33)35-19-8-11-26-43(35)50-44-27-12-9-21-39(44)48-37(23-14-28-46(48)51-45)36-22-13-25-42-47(36)38-20-7-10-24-41(38)49(42)34-17-5-2-6-18-34/h1-31H. The van der Waals surface area contributed by atoms with E-state index in [1.54, 1.807) is 0 Å². The molecule has 0 unspecified atom stereocenters. The Hall–Kier alpha value is -6.84. The van der Waals surface area contributed by atoms with E-state index < -0.39 is 0 Å². The molecule has 1 aromatic heterocycles. The first-order valence-corrected chi connectivity index (χ1v) is 17.3. The van der Waals surface area contributed by atoms with Crippen LogP contribution in [-0.2, 0) is 0 Å². The van der Waals surface area contributed by atoms with Gasteiger partial charge in [-0.1, -0.05) is 133 Å². The van der Waals surface area contributed by atoms with Crippen molar-refractivity contribution < 1.29 is 9.47 Å². The van der Waals surface area contributed by atoms with Crippen LogP contribution in [0, 0.1) is 0 Å². The Morgan fingerprint density at radius 2 is 0.902 bits per heavy atom. The fourth-order valence-electron chi connectivity index (χ4n) is 7.63. The second-order valence-corrected chi connectivity index (χ2v) is 12.8. The van der Waals surface area contributed by atoms with Crippen LogP contribution >= 0.6 is 0 Å². The number of hydrogen-bond acceptors (Lipinski definition) is 2. The molecule has 0 radical (unpaired) electrons. The van der Waals surface area contributed by atoms with Gasteiger partial charge in [-0.15, -0.1) is 0 Å². The minimum atomic E-state index is 0.764. The molecule has 51 heavy (non-hydrogen) atoms. The lowest BCUT2D eigenvalue weighted by Gasteiger charge is -2.23. The minimum Gasteiger partial charge on any atom is -0.456 e.